The van der Waals surface area contributed by atoms with Crippen molar-refractivity contribution in [3.63, 3.8) is 0 Å². The average molecular weight is 306 g/mol. The van der Waals surface area contributed by atoms with E-state index in [0.717, 1.165) is 19.3 Å². The van der Waals surface area contributed by atoms with E-state index in [0.29, 0.717) is 19.4 Å². The summed E-state index contributed by atoms with van der Waals surface area (Å²) in [5, 5.41) is 9.33. The molecule has 1 saturated heterocycles. The third kappa shape index (κ3) is 3.71. The third-order valence-corrected chi connectivity index (χ3v) is 6.12. The molecular formula is C13H26N2O4S. The van der Waals surface area contributed by atoms with Crippen molar-refractivity contribution >= 4 is 16.2 Å². The van der Waals surface area contributed by atoms with Gasteiger partial charge in [-0.15, -0.1) is 0 Å². The first-order chi connectivity index (χ1) is 9.29. The fourth-order valence-electron chi connectivity index (χ4n) is 2.62. The van der Waals surface area contributed by atoms with E-state index >= 15 is 0 Å². The van der Waals surface area contributed by atoms with Gasteiger partial charge < -0.3 is 5.11 Å². The number of nitrogens with one attached hydrogen (secondary N) is 1. The lowest BCUT2D eigenvalue weighted by molar-refractivity contribution is -0.149. The van der Waals surface area contributed by atoms with Crippen LogP contribution in [0.5, 0.6) is 0 Å². The van der Waals surface area contributed by atoms with Gasteiger partial charge in [0.05, 0.1) is 5.41 Å². The van der Waals surface area contributed by atoms with Crippen molar-refractivity contribution in [3.05, 3.63) is 0 Å². The Bertz CT molecular complexity index is 432. The Labute approximate surface area is 121 Å². The summed E-state index contributed by atoms with van der Waals surface area (Å²) in [5.41, 5.74) is -1.02. The summed E-state index contributed by atoms with van der Waals surface area (Å²) < 4.78 is 28.6. The lowest BCUT2D eigenvalue weighted by Crippen LogP contribution is -2.51. The van der Waals surface area contributed by atoms with Gasteiger partial charge in [-0.2, -0.15) is 12.7 Å². The summed E-state index contributed by atoms with van der Waals surface area (Å²) in [5.74, 6) is -0.947. The van der Waals surface area contributed by atoms with Crippen LogP contribution in [0.15, 0.2) is 0 Å². The summed E-state index contributed by atoms with van der Waals surface area (Å²) in [4.78, 5) is 11.4. The molecule has 0 aromatic heterocycles. The number of hydrogen-bond donors (Lipinski definition) is 2. The zero-order chi connectivity index (χ0) is 15.4. The highest BCUT2D eigenvalue weighted by atomic mass is 32.2. The summed E-state index contributed by atoms with van der Waals surface area (Å²) in [6, 6.07) is -0.0243. The summed E-state index contributed by atoms with van der Waals surface area (Å²) in [6.45, 7) is 5.89. The van der Waals surface area contributed by atoms with Gasteiger partial charge in [0, 0.05) is 19.1 Å². The average Bonchev–Trinajstić information content (AvgIpc) is 2.40. The Balaban J connectivity index is 2.78. The monoisotopic (exact) mass is 306 g/mol. The van der Waals surface area contributed by atoms with E-state index in [9.17, 15) is 18.3 Å². The van der Waals surface area contributed by atoms with E-state index < -0.39 is 21.6 Å². The molecule has 2 N–H and O–H groups in total. The van der Waals surface area contributed by atoms with Crippen LogP contribution < -0.4 is 4.72 Å². The van der Waals surface area contributed by atoms with Gasteiger partial charge in [-0.3, -0.25) is 4.79 Å². The van der Waals surface area contributed by atoms with Crippen LogP contribution in [0.4, 0.5) is 0 Å². The Morgan fingerprint density at radius 3 is 2.40 bits per heavy atom. The Morgan fingerprint density at radius 2 is 1.95 bits per heavy atom. The van der Waals surface area contributed by atoms with Gasteiger partial charge >= 0.3 is 5.97 Å². The van der Waals surface area contributed by atoms with Crippen molar-refractivity contribution in [2.75, 3.05) is 13.1 Å². The van der Waals surface area contributed by atoms with Crippen LogP contribution in [-0.4, -0.2) is 42.9 Å². The number of carboxylic acid groups (broad SMARTS) is 1. The fourth-order valence-corrected chi connectivity index (χ4v) is 4.19. The molecule has 0 aromatic carbocycles. The summed E-state index contributed by atoms with van der Waals surface area (Å²) >= 11 is 0. The largest absolute Gasteiger partial charge is 0.481 e. The second-order valence-corrected chi connectivity index (χ2v) is 7.28. The maximum Gasteiger partial charge on any atom is 0.310 e. The van der Waals surface area contributed by atoms with E-state index in [4.69, 9.17) is 0 Å². The highest BCUT2D eigenvalue weighted by Gasteiger charge is 2.38. The highest BCUT2D eigenvalue weighted by Crippen LogP contribution is 2.27. The van der Waals surface area contributed by atoms with Crippen LogP contribution in [0.2, 0.25) is 0 Å². The molecule has 1 heterocycles. The molecule has 1 atom stereocenters. The van der Waals surface area contributed by atoms with E-state index in [1.54, 1.807) is 13.8 Å². The minimum Gasteiger partial charge on any atom is -0.481 e. The number of carbonyl (C=O) groups is 1. The lowest BCUT2D eigenvalue weighted by Gasteiger charge is -2.34. The second-order valence-electron chi connectivity index (χ2n) is 5.57. The second kappa shape index (κ2) is 6.87. The van der Waals surface area contributed by atoms with Crippen LogP contribution in [0.25, 0.3) is 0 Å². The van der Waals surface area contributed by atoms with E-state index in [1.807, 2.05) is 6.92 Å². The van der Waals surface area contributed by atoms with Crippen molar-refractivity contribution in [2.24, 2.45) is 5.41 Å². The SMILES string of the molecule is CCC(CC)(CNS(=O)(=O)N1CCCCC1C)C(=O)O. The molecule has 1 rings (SSSR count). The molecule has 1 aliphatic rings. The predicted octanol–water partition coefficient (Wildman–Crippen LogP) is 1.59. The topological polar surface area (TPSA) is 86.7 Å². The molecule has 1 aliphatic heterocycles. The van der Waals surface area contributed by atoms with Gasteiger partial charge in [0.1, 0.15) is 0 Å². The van der Waals surface area contributed by atoms with E-state index in [1.165, 1.54) is 4.31 Å². The Hall–Kier alpha value is -0.660. The van der Waals surface area contributed by atoms with Crippen LogP contribution in [0.3, 0.4) is 0 Å². The van der Waals surface area contributed by atoms with E-state index in [2.05, 4.69) is 4.72 Å². The molecule has 7 heteroatoms. The van der Waals surface area contributed by atoms with Crippen LogP contribution in [-0.2, 0) is 15.0 Å². The van der Waals surface area contributed by atoms with Crippen LogP contribution >= 0.6 is 0 Å². The maximum absolute atomic E-state index is 12.3. The van der Waals surface area contributed by atoms with Gasteiger partial charge in [0.15, 0.2) is 0 Å². The van der Waals surface area contributed by atoms with Crippen molar-refractivity contribution in [3.8, 4) is 0 Å². The molecule has 0 aromatic rings. The van der Waals surface area contributed by atoms with Crippen molar-refractivity contribution in [1.82, 2.24) is 9.03 Å². The van der Waals surface area contributed by atoms with Gasteiger partial charge in [-0.1, -0.05) is 20.3 Å². The Morgan fingerprint density at radius 1 is 1.35 bits per heavy atom. The Kier molecular flexibility index (Phi) is 5.97. The van der Waals surface area contributed by atoms with Gasteiger partial charge in [0.25, 0.3) is 10.2 Å². The minimum atomic E-state index is -3.60. The highest BCUT2D eigenvalue weighted by molar-refractivity contribution is 7.87. The zero-order valence-corrected chi connectivity index (χ0v) is 13.4. The van der Waals surface area contributed by atoms with Gasteiger partial charge in [-0.25, -0.2) is 4.72 Å². The van der Waals surface area contributed by atoms with Crippen molar-refractivity contribution < 1.29 is 18.3 Å². The standard InChI is InChI=1S/C13H26N2O4S/c1-4-13(5-2,12(16)17)10-14-20(18,19)15-9-7-6-8-11(15)3/h11,14H,4-10H2,1-3H3,(H,16,17). The number of rotatable bonds is 7. The van der Waals surface area contributed by atoms with Gasteiger partial charge in [-0.05, 0) is 32.6 Å². The molecule has 0 saturated carbocycles. The summed E-state index contributed by atoms with van der Waals surface area (Å²) in [7, 11) is -3.60. The predicted molar refractivity (Wildman–Crippen MR) is 77.6 cm³/mol. The minimum absolute atomic E-state index is 0.0243. The number of carboxylic acids is 1. The molecule has 1 unspecified atom stereocenters. The zero-order valence-electron chi connectivity index (χ0n) is 12.6. The van der Waals surface area contributed by atoms with Crippen molar-refractivity contribution in [2.45, 2.75) is 58.9 Å². The van der Waals surface area contributed by atoms with Gasteiger partial charge in [0.2, 0.25) is 0 Å². The summed E-state index contributed by atoms with van der Waals surface area (Å²) in [6.07, 6.45) is 3.55. The maximum atomic E-state index is 12.3. The third-order valence-electron chi connectivity index (χ3n) is 4.45. The fraction of sp³-hybridized carbons (Fsp3) is 0.923. The number of piperidine rings is 1. The molecule has 6 nitrogen and oxygen atoms in total. The molecule has 0 spiro atoms. The number of hydrogen-bond acceptors (Lipinski definition) is 3. The lowest BCUT2D eigenvalue weighted by atomic mass is 9.83. The molecule has 0 aliphatic carbocycles. The van der Waals surface area contributed by atoms with Crippen LogP contribution in [0, 0.1) is 5.41 Å². The van der Waals surface area contributed by atoms with Crippen molar-refractivity contribution in [1.29, 1.82) is 0 Å². The first kappa shape index (κ1) is 17.4. The molecule has 0 radical (unpaired) electrons. The molecular weight excluding hydrogens is 280 g/mol. The normalized spacial score (nSPS) is 21.9. The molecule has 0 bridgehead atoms. The molecule has 0 amide bonds. The first-order valence-corrected chi connectivity index (χ1v) is 8.73. The first-order valence-electron chi connectivity index (χ1n) is 7.29. The van der Waals surface area contributed by atoms with Crippen LogP contribution in [0.1, 0.15) is 52.9 Å². The molecule has 20 heavy (non-hydrogen) atoms. The number of nitrogens with zero attached hydrogens (tertiary/aromatic N) is 1. The quantitative estimate of drug-likeness (QED) is 0.748. The number of aliphatic carboxylic acids is 1. The smallest absolute Gasteiger partial charge is 0.310 e. The molecule has 1 fully saturated rings. The van der Waals surface area contributed by atoms with E-state index in [-0.39, 0.29) is 12.6 Å². The molecule has 118 valence electrons.